The van der Waals surface area contributed by atoms with Gasteiger partial charge in [-0.1, -0.05) is 0 Å². The summed E-state index contributed by atoms with van der Waals surface area (Å²) in [4.78, 5) is 25.5. The van der Waals surface area contributed by atoms with Crippen molar-refractivity contribution in [2.75, 3.05) is 32.1 Å². The second kappa shape index (κ2) is 6.96. The molecule has 1 aromatic carbocycles. The maximum absolute atomic E-state index is 12.2. The second-order valence-electron chi connectivity index (χ2n) is 5.16. The minimum absolute atomic E-state index is 0.111. The van der Waals surface area contributed by atoms with Gasteiger partial charge in [-0.15, -0.1) is 0 Å². The van der Waals surface area contributed by atoms with Gasteiger partial charge >= 0.3 is 0 Å². The topological polar surface area (TPSA) is 81.0 Å². The smallest absolute Gasteiger partial charge is 0.289 e. The Balaban J connectivity index is 1.65. The first kappa shape index (κ1) is 16.4. The van der Waals surface area contributed by atoms with Crippen molar-refractivity contribution in [2.24, 2.45) is 0 Å². The summed E-state index contributed by atoms with van der Waals surface area (Å²) < 4.78 is 16.7. The molecule has 3 rings (SSSR count). The number of ether oxygens (including phenoxy) is 2. The zero-order valence-corrected chi connectivity index (χ0v) is 14.5. The molecule has 1 aliphatic rings. The third-order valence-electron chi connectivity index (χ3n) is 3.37. The first-order valence-electron chi connectivity index (χ1n) is 7.22. The molecule has 0 fully saturated rings. The van der Waals surface area contributed by atoms with E-state index in [-0.39, 0.29) is 24.1 Å². The average Bonchev–Trinajstić information content (AvgIpc) is 3.09. The maximum atomic E-state index is 12.2. The Morgan fingerprint density at radius 3 is 2.62 bits per heavy atom. The van der Waals surface area contributed by atoms with Crippen LogP contribution in [0.1, 0.15) is 10.6 Å². The van der Waals surface area contributed by atoms with E-state index in [4.69, 9.17) is 13.9 Å². The fraction of sp³-hybridized carbons (Fsp3) is 0.250. The Hall–Kier alpha value is -2.48. The molecule has 7 nitrogen and oxygen atoms in total. The minimum atomic E-state index is -0.364. The van der Waals surface area contributed by atoms with Gasteiger partial charge in [-0.2, -0.15) is 0 Å². The lowest BCUT2D eigenvalue weighted by Crippen LogP contribution is -2.34. The highest BCUT2D eigenvalue weighted by molar-refractivity contribution is 9.10. The lowest BCUT2D eigenvalue weighted by atomic mass is 10.2. The SMILES string of the molecule is CN(CC(=O)Nc1cc2c(cc1Br)OCCO2)C(=O)c1ccco1. The number of amides is 2. The number of hydrogen-bond donors (Lipinski definition) is 1. The van der Waals surface area contributed by atoms with E-state index in [1.165, 1.54) is 18.2 Å². The molecule has 0 spiro atoms. The zero-order valence-electron chi connectivity index (χ0n) is 12.9. The quantitative estimate of drug-likeness (QED) is 0.861. The number of benzene rings is 1. The van der Waals surface area contributed by atoms with Gasteiger partial charge in [0.15, 0.2) is 17.3 Å². The second-order valence-corrected chi connectivity index (χ2v) is 6.02. The van der Waals surface area contributed by atoms with E-state index in [1.807, 2.05) is 0 Å². The lowest BCUT2D eigenvalue weighted by molar-refractivity contribution is -0.116. The molecule has 0 saturated heterocycles. The van der Waals surface area contributed by atoms with Crippen molar-refractivity contribution < 1.29 is 23.5 Å². The van der Waals surface area contributed by atoms with Crippen molar-refractivity contribution in [1.82, 2.24) is 4.90 Å². The van der Waals surface area contributed by atoms with Crippen LogP contribution in [0.15, 0.2) is 39.4 Å². The van der Waals surface area contributed by atoms with E-state index in [2.05, 4.69) is 21.2 Å². The van der Waals surface area contributed by atoms with Gasteiger partial charge in [0.1, 0.15) is 13.2 Å². The highest BCUT2D eigenvalue weighted by atomic mass is 79.9. The number of anilines is 1. The van der Waals surface area contributed by atoms with Crippen molar-refractivity contribution in [1.29, 1.82) is 0 Å². The van der Waals surface area contributed by atoms with Crippen molar-refractivity contribution in [3.05, 3.63) is 40.8 Å². The van der Waals surface area contributed by atoms with Crippen LogP contribution in [0, 0.1) is 0 Å². The van der Waals surface area contributed by atoms with Crippen molar-refractivity contribution in [2.45, 2.75) is 0 Å². The number of furan rings is 1. The van der Waals surface area contributed by atoms with E-state index >= 15 is 0 Å². The van der Waals surface area contributed by atoms with Gasteiger partial charge < -0.3 is 24.1 Å². The van der Waals surface area contributed by atoms with Crippen LogP contribution in [-0.4, -0.2) is 43.5 Å². The van der Waals surface area contributed by atoms with Gasteiger partial charge in [-0.3, -0.25) is 9.59 Å². The molecule has 2 amide bonds. The average molecular weight is 395 g/mol. The molecule has 0 unspecified atom stereocenters. The van der Waals surface area contributed by atoms with Crippen molar-refractivity contribution in [3.63, 3.8) is 0 Å². The number of hydrogen-bond acceptors (Lipinski definition) is 5. The highest BCUT2D eigenvalue weighted by Crippen LogP contribution is 2.38. The predicted octanol–water partition coefficient (Wildman–Crippen LogP) is 2.52. The van der Waals surface area contributed by atoms with Gasteiger partial charge in [0.25, 0.3) is 5.91 Å². The molecular weight excluding hydrogens is 380 g/mol. The van der Waals surface area contributed by atoms with Gasteiger partial charge in [-0.25, -0.2) is 0 Å². The first-order valence-corrected chi connectivity index (χ1v) is 8.02. The number of nitrogens with one attached hydrogen (secondary N) is 1. The summed E-state index contributed by atoms with van der Waals surface area (Å²) in [7, 11) is 1.53. The van der Waals surface area contributed by atoms with Crippen LogP contribution < -0.4 is 14.8 Å². The number of nitrogens with zero attached hydrogens (tertiary/aromatic N) is 1. The van der Waals surface area contributed by atoms with Crippen LogP contribution in [0.3, 0.4) is 0 Å². The number of halogens is 1. The Morgan fingerprint density at radius 2 is 1.96 bits per heavy atom. The van der Waals surface area contributed by atoms with Crippen molar-refractivity contribution in [3.8, 4) is 11.5 Å². The molecule has 0 atom stereocenters. The Labute approximate surface area is 146 Å². The predicted molar refractivity (Wildman–Crippen MR) is 89.4 cm³/mol. The van der Waals surface area contributed by atoms with Crippen LogP contribution in [-0.2, 0) is 4.79 Å². The largest absolute Gasteiger partial charge is 0.486 e. The van der Waals surface area contributed by atoms with E-state index < -0.39 is 0 Å². The van der Waals surface area contributed by atoms with Gasteiger partial charge in [-0.05, 0) is 28.1 Å². The van der Waals surface area contributed by atoms with Crippen LogP contribution in [0.4, 0.5) is 5.69 Å². The normalized spacial score (nSPS) is 12.6. The van der Waals surface area contributed by atoms with Crippen LogP contribution in [0.25, 0.3) is 0 Å². The zero-order chi connectivity index (χ0) is 17.1. The number of carbonyl (C=O) groups excluding carboxylic acids is 2. The molecule has 1 aromatic heterocycles. The standard InChI is InChI=1S/C16H15BrN2O5/c1-19(16(21)12-3-2-4-22-12)9-15(20)18-11-8-14-13(7-10(11)17)23-5-6-24-14/h2-4,7-8H,5-6,9H2,1H3,(H,18,20). The van der Waals surface area contributed by atoms with E-state index in [0.717, 1.165) is 0 Å². The molecular formula is C16H15BrN2O5. The molecule has 126 valence electrons. The molecule has 0 aliphatic carbocycles. The highest BCUT2D eigenvalue weighted by Gasteiger charge is 2.19. The third kappa shape index (κ3) is 3.53. The Bertz CT molecular complexity index is 760. The summed E-state index contributed by atoms with van der Waals surface area (Å²) in [5, 5.41) is 2.75. The monoisotopic (exact) mass is 394 g/mol. The maximum Gasteiger partial charge on any atom is 0.289 e. The summed E-state index contributed by atoms with van der Waals surface area (Å²) in [6.07, 6.45) is 1.41. The summed E-state index contributed by atoms with van der Waals surface area (Å²) in [6, 6.07) is 6.59. The molecule has 0 saturated carbocycles. The first-order chi connectivity index (χ1) is 11.5. The fourth-order valence-corrected chi connectivity index (χ4v) is 2.65. The van der Waals surface area contributed by atoms with Gasteiger partial charge in [0.05, 0.1) is 18.5 Å². The van der Waals surface area contributed by atoms with Crippen LogP contribution in [0.5, 0.6) is 11.5 Å². The van der Waals surface area contributed by atoms with Gasteiger partial charge in [0, 0.05) is 23.7 Å². The lowest BCUT2D eigenvalue weighted by Gasteiger charge is -2.20. The molecule has 1 aliphatic heterocycles. The van der Waals surface area contributed by atoms with E-state index in [0.29, 0.717) is 34.9 Å². The molecule has 24 heavy (non-hydrogen) atoms. The third-order valence-corrected chi connectivity index (χ3v) is 4.02. The fourth-order valence-electron chi connectivity index (χ4n) is 2.23. The van der Waals surface area contributed by atoms with Crippen LogP contribution in [0.2, 0.25) is 0 Å². The van der Waals surface area contributed by atoms with E-state index in [9.17, 15) is 9.59 Å². The van der Waals surface area contributed by atoms with E-state index in [1.54, 1.807) is 24.3 Å². The van der Waals surface area contributed by atoms with Gasteiger partial charge in [0.2, 0.25) is 5.91 Å². The van der Waals surface area contributed by atoms with Crippen LogP contribution >= 0.6 is 15.9 Å². The number of rotatable bonds is 4. The molecule has 2 heterocycles. The summed E-state index contributed by atoms with van der Waals surface area (Å²) >= 11 is 3.38. The summed E-state index contributed by atoms with van der Waals surface area (Å²) in [6.45, 7) is 0.841. The Kier molecular flexibility index (Phi) is 4.75. The summed E-state index contributed by atoms with van der Waals surface area (Å²) in [5.41, 5.74) is 0.545. The molecule has 8 heteroatoms. The number of fused-ring (bicyclic) bond motifs is 1. The molecule has 0 radical (unpaired) electrons. The minimum Gasteiger partial charge on any atom is -0.486 e. The summed E-state index contributed by atoms with van der Waals surface area (Å²) in [5.74, 6) is 0.674. The molecule has 0 bridgehead atoms. The number of carbonyl (C=O) groups is 2. The Morgan fingerprint density at radius 1 is 1.25 bits per heavy atom. The van der Waals surface area contributed by atoms with Crippen molar-refractivity contribution >= 4 is 33.4 Å². The molecule has 1 N–H and O–H groups in total. The molecule has 2 aromatic rings. The number of likely N-dealkylation sites (N-methyl/N-ethyl adjacent to an activating group) is 1.